The van der Waals surface area contributed by atoms with Crippen LogP contribution in [-0.4, -0.2) is 32.7 Å². The number of Topliss-reactive ketones (excluding diaryl/α,β-unsaturated/α-hetero) is 1. The van der Waals surface area contributed by atoms with Crippen LogP contribution in [0.15, 0.2) is 44.4 Å². The fourth-order valence-corrected chi connectivity index (χ4v) is 3.27. The molecule has 168 valence electrons. The van der Waals surface area contributed by atoms with Crippen molar-refractivity contribution in [3.63, 3.8) is 0 Å². The van der Waals surface area contributed by atoms with Gasteiger partial charge in [-0.05, 0) is 12.8 Å². The van der Waals surface area contributed by atoms with E-state index >= 15 is 0 Å². The maximum atomic E-state index is 12.8. The van der Waals surface area contributed by atoms with E-state index in [2.05, 4.69) is 5.16 Å². The summed E-state index contributed by atoms with van der Waals surface area (Å²) in [6, 6.07) is 8.88. The predicted molar refractivity (Wildman–Crippen MR) is 116 cm³/mol. The molecule has 0 radical (unpaired) electrons. The van der Waals surface area contributed by atoms with Gasteiger partial charge in [0.15, 0.2) is 6.61 Å². The van der Waals surface area contributed by atoms with Crippen LogP contribution in [0.1, 0.15) is 40.3 Å². The van der Waals surface area contributed by atoms with Gasteiger partial charge in [-0.25, -0.2) is 9.59 Å². The van der Waals surface area contributed by atoms with Crippen LogP contribution in [0.2, 0.25) is 0 Å². The van der Waals surface area contributed by atoms with Crippen LogP contribution in [0.5, 0.6) is 0 Å². The third-order valence-corrected chi connectivity index (χ3v) is 4.86. The van der Waals surface area contributed by atoms with Crippen LogP contribution in [0.3, 0.4) is 0 Å². The minimum atomic E-state index is -0.848. The maximum absolute atomic E-state index is 12.8. The lowest BCUT2D eigenvalue weighted by molar-refractivity contribution is 0.0473. The van der Waals surface area contributed by atoms with Crippen molar-refractivity contribution >= 4 is 17.6 Å². The van der Waals surface area contributed by atoms with Gasteiger partial charge in [-0.3, -0.25) is 18.7 Å². The molecule has 0 aliphatic carbocycles. The van der Waals surface area contributed by atoms with Crippen molar-refractivity contribution in [2.45, 2.75) is 27.3 Å². The molecule has 32 heavy (non-hydrogen) atoms. The molecule has 3 aromatic rings. The molecule has 0 aliphatic rings. The molecule has 0 fully saturated rings. The van der Waals surface area contributed by atoms with E-state index in [0.29, 0.717) is 5.56 Å². The molecule has 0 saturated carbocycles. The number of carbonyl (C=O) groups is 2. The van der Waals surface area contributed by atoms with Gasteiger partial charge < -0.3 is 15.0 Å². The van der Waals surface area contributed by atoms with E-state index in [9.17, 15) is 19.2 Å². The van der Waals surface area contributed by atoms with Gasteiger partial charge in [0.1, 0.15) is 28.4 Å². The van der Waals surface area contributed by atoms with E-state index < -0.39 is 35.2 Å². The lowest BCUT2D eigenvalue weighted by atomic mass is 10.1. The Labute approximate surface area is 183 Å². The van der Waals surface area contributed by atoms with Gasteiger partial charge in [-0.1, -0.05) is 49.3 Å². The Balaban J connectivity index is 1.89. The van der Waals surface area contributed by atoms with Crippen molar-refractivity contribution in [1.82, 2.24) is 14.3 Å². The molecule has 2 heterocycles. The first kappa shape index (κ1) is 22.7. The number of aromatic nitrogens is 3. The van der Waals surface area contributed by atoms with Crippen LogP contribution in [0.4, 0.5) is 5.82 Å². The normalized spacial score (nSPS) is 11.0. The maximum Gasteiger partial charge on any atom is 0.344 e. The highest BCUT2D eigenvalue weighted by molar-refractivity contribution is 6.03. The smallest absolute Gasteiger partial charge is 0.344 e. The molecule has 0 bridgehead atoms. The standard InChI is InChI=1S/C22H24N4O6/c1-12(2)10-26-19(23)17(20(28)25(4)22(26)30)15(27)11-31-21(29)16-13(3)32-24-18(16)14-8-6-5-7-9-14/h5-9,12H,10-11,23H2,1-4H3. The van der Waals surface area contributed by atoms with Gasteiger partial charge in [0.2, 0.25) is 5.78 Å². The largest absolute Gasteiger partial charge is 0.454 e. The van der Waals surface area contributed by atoms with Crippen LogP contribution < -0.4 is 17.0 Å². The molecule has 0 amide bonds. The van der Waals surface area contributed by atoms with Gasteiger partial charge in [0.05, 0.1) is 0 Å². The number of nitrogens with zero attached hydrogens (tertiary/aromatic N) is 3. The van der Waals surface area contributed by atoms with Crippen molar-refractivity contribution in [2.24, 2.45) is 13.0 Å². The Morgan fingerprint density at radius 2 is 1.81 bits per heavy atom. The summed E-state index contributed by atoms with van der Waals surface area (Å²) in [4.78, 5) is 50.4. The molecule has 0 spiro atoms. The molecule has 0 aliphatic heterocycles. The van der Waals surface area contributed by atoms with E-state index in [0.717, 1.165) is 4.57 Å². The second kappa shape index (κ2) is 9.04. The molecule has 2 aromatic heterocycles. The number of ether oxygens (including phenoxy) is 1. The van der Waals surface area contributed by atoms with Gasteiger partial charge in [0, 0.05) is 19.2 Å². The first-order valence-corrected chi connectivity index (χ1v) is 9.94. The molecule has 0 unspecified atom stereocenters. The van der Waals surface area contributed by atoms with Gasteiger partial charge in [-0.2, -0.15) is 0 Å². The van der Waals surface area contributed by atoms with Crippen molar-refractivity contribution in [2.75, 3.05) is 12.3 Å². The van der Waals surface area contributed by atoms with E-state index in [1.54, 1.807) is 31.2 Å². The van der Waals surface area contributed by atoms with E-state index in [-0.39, 0.29) is 35.3 Å². The van der Waals surface area contributed by atoms with Gasteiger partial charge >= 0.3 is 11.7 Å². The zero-order valence-electron chi connectivity index (χ0n) is 18.2. The molecule has 10 heteroatoms. The first-order valence-electron chi connectivity index (χ1n) is 9.94. The van der Waals surface area contributed by atoms with Crippen molar-refractivity contribution in [3.05, 3.63) is 68.1 Å². The summed E-state index contributed by atoms with van der Waals surface area (Å²) in [6.45, 7) is 4.77. The summed E-state index contributed by atoms with van der Waals surface area (Å²) in [5.74, 6) is -1.63. The number of rotatable bonds is 7. The Hall–Kier alpha value is -3.95. The molecule has 0 atom stereocenters. The molecule has 1 aromatic carbocycles. The number of esters is 1. The van der Waals surface area contributed by atoms with Crippen molar-refractivity contribution < 1.29 is 18.8 Å². The highest BCUT2D eigenvalue weighted by Crippen LogP contribution is 2.25. The Morgan fingerprint density at radius 3 is 2.44 bits per heavy atom. The topological polar surface area (TPSA) is 139 Å². The summed E-state index contributed by atoms with van der Waals surface area (Å²) in [5.41, 5.74) is 5.12. The fourth-order valence-electron chi connectivity index (χ4n) is 3.27. The van der Waals surface area contributed by atoms with E-state index in [4.69, 9.17) is 15.0 Å². The molecule has 2 N–H and O–H groups in total. The number of hydrogen-bond acceptors (Lipinski definition) is 8. The summed E-state index contributed by atoms with van der Waals surface area (Å²) in [7, 11) is 1.26. The van der Waals surface area contributed by atoms with Crippen LogP contribution in [0, 0.1) is 12.8 Å². The minimum absolute atomic E-state index is 0.0428. The number of aryl methyl sites for hydroxylation is 1. The third-order valence-electron chi connectivity index (χ3n) is 4.86. The molecule has 10 nitrogen and oxygen atoms in total. The monoisotopic (exact) mass is 440 g/mol. The van der Waals surface area contributed by atoms with Gasteiger partial charge in [0.25, 0.3) is 5.56 Å². The van der Waals surface area contributed by atoms with Crippen LogP contribution in [-0.2, 0) is 18.3 Å². The number of hydrogen-bond donors (Lipinski definition) is 1. The Bertz CT molecular complexity index is 1280. The second-order valence-electron chi connectivity index (χ2n) is 7.74. The molecule has 3 rings (SSSR count). The molecule has 0 saturated heterocycles. The molecular weight excluding hydrogens is 416 g/mol. The minimum Gasteiger partial charge on any atom is -0.454 e. The highest BCUT2D eigenvalue weighted by Gasteiger charge is 2.26. The lowest BCUT2D eigenvalue weighted by Gasteiger charge is -2.16. The average Bonchev–Trinajstić information content (AvgIpc) is 3.15. The quantitative estimate of drug-likeness (QED) is 0.433. The van der Waals surface area contributed by atoms with Crippen LogP contribution in [0.25, 0.3) is 11.3 Å². The van der Waals surface area contributed by atoms with Gasteiger partial charge in [-0.15, -0.1) is 0 Å². The Kier molecular flexibility index (Phi) is 6.42. The zero-order chi connectivity index (χ0) is 23.6. The Morgan fingerprint density at radius 1 is 1.16 bits per heavy atom. The lowest BCUT2D eigenvalue weighted by Crippen LogP contribution is -2.43. The number of anilines is 1. The summed E-state index contributed by atoms with van der Waals surface area (Å²) >= 11 is 0. The number of carbonyl (C=O) groups excluding carboxylic acids is 2. The van der Waals surface area contributed by atoms with Crippen molar-refractivity contribution in [3.8, 4) is 11.3 Å². The SMILES string of the molecule is Cc1onc(-c2ccccc2)c1C(=O)OCC(=O)c1c(N)n(CC(C)C)c(=O)n(C)c1=O. The predicted octanol–water partition coefficient (Wildman–Crippen LogP) is 1.79. The average molecular weight is 440 g/mol. The second-order valence-corrected chi connectivity index (χ2v) is 7.74. The zero-order valence-corrected chi connectivity index (χ0v) is 18.2. The number of benzene rings is 1. The van der Waals surface area contributed by atoms with E-state index in [1.807, 2.05) is 19.9 Å². The first-order chi connectivity index (χ1) is 15.1. The number of ketones is 1. The van der Waals surface area contributed by atoms with E-state index in [1.165, 1.54) is 11.6 Å². The summed E-state index contributed by atoms with van der Waals surface area (Å²) in [5, 5.41) is 3.91. The van der Waals surface area contributed by atoms with Crippen LogP contribution >= 0.6 is 0 Å². The summed E-state index contributed by atoms with van der Waals surface area (Å²) < 4.78 is 12.3. The number of nitrogen functional groups attached to an aromatic ring is 1. The summed E-state index contributed by atoms with van der Waals surface area (Å²) in [6.07, 6.45) is 0. The van der Waals surface area contributed by atoms with Crippen molar-refractivity contribution in [1.29, 1.82) is 0 Å². The molecular formula is C22H24N4O6. The third kappa shape index (κ3) is 4.25. The fraction of sp³-hybridized carbons (Fsp3) is 0.318. The number of nitrogens with two attached hydrogens (primary N) is 1. The highest BCUT2D eigenvalue weighted by atomic mass is 16.5.